The van der Waals surface area contributed by atoms with Crippen molar-refractivity contribution in [2.45, 2.75) is 194 Å². The van der Waals surface area contributed by atoms with E-state index < -0.39 is 0 Å². The third kappa shape index (κ3) is 25.4. The molecule has 0 aromatic heterocycles. The number of carbonyl (C=O) groups is 1. The van der Waals surface area contributed by atoms with Crippen molar-refractivity contribution < 1.29 is 19.2 Å². The first-order valence-corrected chi connectivity index (χ1v) is 19.3. The van der Waals surface area contributed by atoms with E-state index >= 15 is 0 Å². The summed E-state index contributed by atoms with van der Waals surface area (Å²) in [6.45, 7) is 8.21. The Hall–Kier alpha value is -0.810. The largest absolute Gasteiger partial charge is 0.852 e. The summed E-state index contributed by atoms with van der Waals surface area (Å²) in [7, 11) is 0. The van der Waals surface area contributed by atoms with Crippen LogP contribution in [0.4, 0.5) is 0 Å². The zero-order valence-corrected chi connectivity index (χ0v) is 30.4. The van der Waals surface area contributed by atoms with E-state index in [1.54, 1.807) is 0 Å². The molecule has 0 saturated heterocycles. The number of amidine groups is 1. The molecule has 0 aromatic carbocycles. The summed E-state index contributed by atoms with van der Waals surface area (Å²) in [4.78, 5) is 14.6. The highest BCUT2D eigenvalue weighted by Gasteiger charge is 2.29. The van der Waals surface area contributed by atoms with E-state index in [-0.39, 0.29) is 25.0 Å². The lowest BCUT2D eigenvalue weighted by atomic mass is 10.0. The highest BCUT2D eigenvalue weighted by Crippen LogP contribution is 2.16. The van der Waals surface area contributed by atoms with Crippen LogP contribution >= 0.6 is 12.4 Å². The first-order chi connectivity index (χ1) is 21.2. The third-order valence-electron chi connectivity index (χ3n) is 9.34. The maximum absolute atomic E-state index is 12.3. The number of unbranched alkanes of at least 4 members (excludes halogenated alkanes) is 24. The molecular weight excluding hydrogens is 568 g/mol. The smallest absolute Gasteiger partial charge is 0.305 e. The fourth-order valence-corrected chi connectivity index (χ4v) is 6.54. The van der Waals surface area contributed by atoms with Gasteiger partial charge in [-0.15, -0.1) is 19.0 Å². The molecule has 1 heterocycles. The molecule has 0 N–H and O–H groups in total. The van der Waals surface area contributed by atoms with Gasteiger partial charge in [-0.3, -0.25) is 14.3 Å². The second kappa shape index (κ2) is 33.6. The van der Waals surface area contributed by atoms with Crippen molar-refractivity contribution in [1.82, 2.24) is 4.90 Å². The minimum atomic E-state index is -0.0515. The van der Waals surface area contributed by atoms with Crippen LogP contribution in [0.3, 0.4) is 0 Å². The highest BCUT2D eigenvalue weighted by molar-refractivity contribution is 5.85. The zero-order valence-electron chi connectivity index (χ0n) is 29.6. The summed E-state index contributed by atoms with van der Waals surface area (Å²) in [5.41, 5.74) is 0. The normalized spacial score (nSPS) is 13.1. The fourth-order valence-electron chi connectivity index (χ4n) is 6.54. The Morgan fingerprint density at radius 1 is 0.659 bits per heavy atom. The molecule has 6 heteroatoms. The van der Waals surface area contributed by atoms with Crippen LogP contribution in [-0.2, 0) is 9.53 Å². The Morgan fingerprint density at radius 3 is 1.50 bits per heavy atom. The van der Waals surface area contributed by atoms with Crippen molar-refractivity contribution in [3.05, 3.63) is 0 Å². The minimum absolute atomic E-state index is 0. The molecule has 0 fully saturated rings. The molecule has 1 aliphatic heterocycles. The van der Waals surface area contributed by atoms with E-state index in [0.29, 0.717) is 19.6 Å². The van der Waals surface area contributed by atoms with E-state index in [2.05, 4.69) is 23.3 Å². The summed E-state index contributed by atoms with van der Waals surface area (Å²) in [6.07, 6.45) is 36.5. The SMILES string of the molecule is CCCCCCCCCCCCCCCC(=O)OCCN1CC[N+](CC[O-])=C1CCCCCCCCCCCCCCC.Cl. The molecule has 0 unspecified atom stereocenters. The Balaban J connectivity index is 0.0000185. The highest BCUT2D eigenvalue weighted by atomic mass is 35.5. The van der Waals surface area contributed by atoms with Gasteiger partial charge < -0.3 is 9.84 Å². The van der Waals surface area contributed by atoms with Gasteiger partial charge in [0.2, 0.25) is 5.84 Å². The molecule has 1 rings (SSSR count). The molecule has 1 aliphatic rings. The third-order valence-corrected chi connectivity index (χ3v) is 9.34. The fraction of sp³-hybridized carbons (Fsp3) is 0.947. The number of nitrogens with zero attached hydrogens (tertiary/aromatic N) is 2. The number of carbonyl (C=O) groups excluding carboxylic acids is 1. The average molecular weight is 643 g/mol. The molecule has 0 aliphatic carbocycles. The Labute approximate surface area is 280 Å². The van der Waals surface area contributed by atoms with Crippen LogP contribution in [0.1, 0.15) is 194 Å². The van der Waals surface area contributed by atoms with Crippen LogP contribution in [0, 0.1) is 0 Å². The van der Waals surface area contributed by atoms with Crippen LogP contribution in [0.2, 0.25) is 0 Å². The van der Waals surface area contributed by atoms with E-state index in [1.807, 2.05) is 0 Å². The van der Waals surface area contributed by atoms with Crippen molar-refractivity contribution in [3.8, 4) is 0 Å². The number of rotatable bonds is 33. The molecule has 5 nitrogen and oxygen atoms in total. The van der Waals surface area contributed by atoms with Crippen molar-refractivity contribution in [3.63, 3.8) is 0 Å². The van der Waals surface area contributed by atoms with Gasteiger partial charge in [0.15, 0.2) is 0 Å². The van der Waals surface area contributed by atoms with E-state index in [1.165, 1.54) is 160 Å². The quantitative estimate of drug-likeness (QED) is 0.0406. The number of hydrogen-bond donors (Lipinski definition) is 0. The van der Waals surface area contributed by atoms with Gasteiger partial charge in [-0.05, 0) is 12.8 Å². The van der Waals surface area contributed by atoms with E-state index in [0.717, 1.165) is 38.9 Å². The molecule has 0 spiro atoms. The maximum atomic E-state index is 12.3. The second-order valence-corrected chi connectivity index (χ2v) is 13.3. The van der Waals surface area contributed by atoms with Crippen molar-refractivity contribution in [2.24, 2.45) is 0 Å². The van der Waals surface area contributed by atoms with Gasteiger partial charge in [0.05, 0.1) is 6.54 Å². The molecule has 0 atom stereocenters. The van der Waals surface area contributed by atoms with Crippen LogP contribution in [0.15, 0.2) is 0 Å². The van der Waals surface area contributed by atoms with Gasteiger partial charge in [0, 0.05) is 12.8 Å². The first kappa shape index (κ1) is 43.2. The van der Waals surface area contributed by atoms with E-state index in [9.17, 15) is 9.90 Å². The lowest BCUT2D eigenvalue weighted by Gasteiger charge is -2.15. The van der Waals surface area contributed by atoms with Crippen molar-refractivity contribution in [2.75, 3.05) is 39.4 Å². The van der Waals surface area contributed by atoms with Gasteiger partial charge >= 0.3 is 5.97 Å². The monoisotopic (exact) mass is 643 g/mol. The summed E-state index contributed by atoms with van der Waals surface area (Å²) < 4.78 is 7.88. The van der Waals surface area contributed by atoms with Crippen molar-refractivity contribution in [1.29, 1.82) is 0 Å². The lowest BCUT2D eigenvalue weighted by Crippen LogP contribution is -2.34. The summed E-state index contributed by atoms with van der Waals surface area (Å²) in [6, 6.07) is 0. The van der Waals surface area contributed by atoms with Crippen LogP contribution in [0.5, 0.6) is 0 Å². The molecular formula is C38H75ClN2O3. The van der Waals surface area contributed by atoms with Gasteiger partial charge in [-0.2, -0.15) is 0 Å². The van der Waals surface area contributed by atoms with Gasteiger partial charge in [0.1, 0.15) is 26.2 Å². The predicted octanol–water partition coefficient (Wildman–Crippen LogP) is 10.0. The number of esters is 1. The summed E-state index contributed by atoms with van der Waals surface area (Å²) >= 11 is 0. The molecule has 0 radical (unpaired) electrons. The van der Waals surface area contributed by atoms with Gasteiger partial charge in [-0.1, -0.05) is 168 Å². The average Bonchev–Trinajstić information content (AvgIpc) is 3.38. The molecule has 0 bridgehead atoms. The van der Waals surface area contributed by atoms with Crippen molar-refractivity contribution >= 4 is 24.2 Å². The number of halogens is 1. The summed E-state index contributed by atoms with van der Waals surface area (Å²) in [5.74, 6) is 1.27. The topological polar surface area (TPSA) is 55.6 Å². The molecule has 44 heavy (non-hydrogen) atoms. The van der Waals surface area contributed by atoms with Crippen LogP contribution in [0.25, 0.3) is 0 Å². The second-order valence-electron chi connectivity index (χ2n) is 13.3. The predicted molar refractivity (Wildman–Crippen MR) is 190 cm³/mol. The van der Waals surface area contributed by atoms with Gasteiger partial charge in [-0.25, -0.2) is 0 Å². The number of hydrogen-bond acceptors (Lipinski definition) is 4. The molecule has 0 amide bonds. The Bertz CT molecular complexity index is 658. The Kier molecular flexibility index (Phi) is 32.9. The first-order valence-electron chi connectivity index (χ1n) is 19.3. The summed E-state index contributed by atoms with van der Waals surface area (Å²) in [5, 5.41) is 11.4. The molecule has 0 saturated carbocycles. The zero-order chi connectivity index (χ0) is 31.1. The lowest BCUT2D eigenvalue weighted by molar-refractivity contribution is -0.550. The maximum Gasteiger partial charge on any atom is 0.305 e. The van der Waals surface area contributed by atoms with Crippen LogP contribution in [-0.4, -0.2) is 60.7 Å². The molecule has 262 valence electrons. The standard InChI is InChI=1S/C38H74N2O3.ClH/c1-3-5-7-9-11-13-15-17-19-21-23-25-27-29-37-39(33-35-41)31-32-40(37)34-36-43-38(42)30-28-26-24-22-20-18-16-14-12-10-8-6-4-2;/h3-36H2,1-2H3;1H. The Morgan fingerprint density at radius 2 is 1.07 bits per heavy atom. The van der Waals surface area contributed by atoms with E-state index in [4.69, 9.17) is 4.74 Å². The number of ether oxygens (including phenoxy) is 1. The molecule has 0 aromatic rings. The minimum Gasteiger partial charge on any atom is -0.852 e. The van der Waals surface area contributed by atoms with Gasteiger partial charge in [0.25, 0.3) is 0 Å². The van der Waals surface area contributed by atoms with Crippen LogP contribution < -0.4 is 5.11 Å².